The minimum Gasteiger partial charge on any atom is -0.436 e. The van der Waals surface area contributed by atoms with E-state index in [4.69, 9.17) is 9.15 Å². The molecule has 8 nitrogen and oxygen atoms in total. The lowest BCUT2D eigenvalue weighted by molar-refractivity contribution is 0.0979. The first kappa shape index (κ1) is 23.2. The lowest BCUT2D eigenvalue weighted by Crippen LogP contribution is -2.34. The number of para-hydroxylation sites is 2. The van der Waals surface area contributed by atoms with Gasteiger partial charge >= 0.3 is 0 Å². The van der Waals surface area contributed by atoms with Gasteiger partial charge in [0.15, 0.2) is 5.58 Å². The molecule has 9 heteroatoms. The predicted molar refractivity (Wildman–Crippen MR) is 133 cm³/mol. The Morgan fingerprint density at radius 2 is 1.80 bits per heavy atom. The van der Waals surface area contributed by atoms with Crippen LogP contribution in [0.2, 0.25) is 0 Å². The molecule has 0 saturated carbocycles. The van der Waals surface area contributed by atoms with Crippen LogP contribution < -0.4 is 5.32 Å². The number of likely N-dealkylation sites (N-methyl/N-ethyl adjacent to an activating group) is 1. The van der Waals surface area contributed by atoms with E-state index in [2.05, 4.69) is 10.3 Å². The van der Waals surface area contributed by atoms with Gasteiger partial charge in [-0.05, 0) is 73.5 Å². The van der Waals surface area contributed by atoms with Crippen LogP contribution >= 0.6 is 0 Å². The molecule has 0 radical (unpaired) electrons. The number of carbonyl (C=O) groups excluding carboxylic acids is 1. The number of benzene rings is 3. The SMILES string of the molecule is CN(CC1CCCO1)S(=O)(=O)c1ccc(C(=O)Nc2ccc(-c3nc4ccccc4o3)cc2)cc1. The van der Waals surface area contributed by atoms with Crippen LogP contribution in [-0.2, 0) is 14.8 Å². The fourth-order valence-corrected chi connectivity index (χ4v) is 5.23. The van der Waals surface area contributed by atoms with Gasteiger partial charge in [-0.25, -0.2) is 13.4 Å². The van der Waals surface area contributed by atoms with Gasteiger partial charge in [0, 0.05) is 37.0 Å². The molecule has 4 aromatic rings. The molecule has 1 atom stereocenters. The van der Waals surface area contributed by atoms with E-state index in [0.29, 0.717) is 35.9 Å². The molecule has 1 aliphatic rings. The molecule has 180 valence electrons. The third-order valence-electron chi connectivity index (χ3n) is 5.99. The number of hydrogen-bond donors (Lipinski definition) is 1. The van der Waals surface area contributed by atoms with Gasteiger partial charge in [-0.3, -0.25) is 4.79 Å². The van der Waals surface area contributed by atoms with Crippen LogP contribution in [0.3, 0.4) is 0 Å². The average molecular weight is 492 g/mol. The van der Waals surface area contributed by atoms with Gasteiger partial charge in [-0.15, -0.1) is 0 Å². The second-order valence-corrected chi connectivity index (χ2v) is 10.5. The number of hydrogen-bond acceptors (Lipinski definition) is 6. The minimum absolute atomic E-state index is 0.0751. The number of ether oxygens (including phenoxy) is 1. The second-order valence-electron chi connectivity index (χ2n) is 8.46. The maximum absolute atomic E-state index is 12.9. The van der Waals surface area contributed by atoms with E-state index in [1.807, 2.05) is 36.4 Å². The van der Waals surface area contributed by atoms with Crippen LogP contribution in [0.4, 0.5) is 5.69 Å². The zero-order valence-electron chi connectivity index (χ0n) is 19.2. The van der Waals surface area contributed by atoms with E-state index in [0.717, 1.165) is 23.9 Å². The molecule has 0 aliphatic carbocycles. The van der Waals surface area contributed by atoms with Crippen molar-refractivity contribution in [3.63, 3.8) is 0 Å². The molecule has 1 N–H and O–H groups in total. The highest BCUT2D eigenvalue weighted by molar-refractivity contribution is 7.89. The highest BCUT2D eigenvalue weighted by Gasteiger charge is 2.26. The lowest BCUT2D eigenvalue weighted by atomic mass is 10.2. The fourth-order valence-electron chi connectivity index (χ4n) is 4.03. The largest absolute Gasteiger partial charge is 0.436 e. The Hall–Kier alpha value is -3.53. The van der Waals surface area contributed by atoms with Crippen LogP contribution in [-0.4, -0.2) is 49.9 Å². The van der Waals surface area contributed by atoms with E-state index in [1.165, 1.54) is 28.6 Å². The Bertz CT molecular complexity index is 1410. The number of oxazole rings is 1. The van der Waals surface area contributed by atoms with Crippen molar-refractivity contribution in [2.75, 3.05) is 25.5 Å². The van der Waals surface area contributed by atoms with Crippen molar-refractivity contribution in [1.29, 1.82) is 0 Å². The van der Waals surface area contributed by atoms with Gasteiger partial charge in [0.1, 0.15) is 5.52 Å². The number of nitrogens with zero attached hydrogens (tertiary/aromatic N) is 2. The first-order chi connectivity index (χ1) is 16.9. The first-order valence-electron chi connectivity index (χ1n) is 11.4. The Morgan fingerprint density at radius 1 is 1.06 bits per heavy atom. The smallest absolute Gasteiger partial charge is 0.255 e. The average Bonchev–Trinajstić information content (AvgIpc) is 3.54. The van der Waals surface area contributed by atoms with E-state index >= 15 is 0 Å². The summed E-state index contributed by atoms with van der Waals surface area (Å²) in [4.78, 5) is 17.3. The second kappa shape index (κ2) is 9.61. The molecule has 1 saturated heterocycles. The summed E-state index contributed by atoms with van der Waals surface area (Å²) in [7, 11) is -2.12. The molecule has 35 heavy (non-hydrogen) atoms. The van der Waals surface area contributed by atoms with Crippen molar-refractivity contribution in [3.8, 4) is 11.5 Å². The van der Waals surface area contributed by atoms with Gasteiger partial charge in [0.05, 0.1) is 11.0 Å². The van der Waals surface area contributed by atoms with Gasteiger partial charge in [-0.2, -0.15) is 4.31 Å². The van der Waals surface area contributed by atoms with Crippen molar-refractivity contribution < 1.29 is 22.4 Å². The predicted octanol–water partition coefficient (Wildman–Crippen LogP) is 4.55. The quantitative estimate of drug-likeness (QED) is 0.407. The number of rotatable bonds is 7. The molecular formula is C26H25N3O5S. The molecule has 1 aromatic heterocycles. The first-order valence-corrected chi connectivity index (χ1v) is 12.8. The normalized spacial score (nSPS) is 16.1. The van der Waals surface area contributed by atoms with Gasteiger partial charge in [0.25, 0.3) is 5.91 Å². The molecule has 1 amide bonds. The summed E-state index contributed by atoms with van der Waals surface area (Å²) in [6.45, 7) is 0.978. The summed E-state index contributed by atoms with van der Waals surface area (Å²) in [5.41, 5.74) is 3.24. The maximum Gasteiger partial charge on any atom is 0.255 e. The van der Waals surface area contributed by atoms with Crippen molar-refractivity contribution in [3.05, 3.63) is 78.4 Å². The summed E-state index contributed by atoms with van der Waals surface area (Å²) in [5.74, 6) is 0.168. The van der Waals surface area contributed by atoms with Crippen LogP contribution in [0.5, 0.6) is 0 Å². The Labute approximate surface area is 203 Å². The lowest BCUT2D eigenvalue weighted by Gasteiger charge is -2.20. The standard InChI is InChI=1S/C26H25N3O5S/c1-29(17-21-5-4-16-33-21)35(31,32)22-14-10-18(11-15-22)25(30)27-20-12-8-19(9-13-20)26-28-23-6-2-3-7-24(23)34-26/h2-3,6-15,21H,4-5,16-17H2,1H3,(H,27,30). The van der Waals surface area contributed by atoms with Gasteiger partial charge in [-0.1, -0.05) is 12.1 Å². The van der Waals surface area contributed by atoms with Gasteiger partial charge < -0.3 is 14.5 Å². The summed E-state index contributed by atoms with van der Waals surface area (Å²) < 4.78 is 38.3. The number of fused-ring (bicyclic) bond motifs is 1. The number of carbonyl (C=O) groups is 1. The number of amides is 1. The third kappa shape index (κ3) is 4.97. The van der Waals surface area contributed by atoms with Crippen molar-refractivity contribution in [1.82, 2.24) is 9.29 Å². The van der Waals surface area contributed by atoms with Crippen molar-refractivity contribution >= 4 is 32.7 Å². The molecule has 1 aliphatic heterocycles. The van der Waals surface area contributed by atoms with E-state index in [-0.39, 0.29) is 16.9 Å². The summed E-state index contributed by atoms with van der Waals surface area (Å²) in [6, 6.07) is 20.6. The zero-order chi connectivity index (χ0) is 24.4. The number of sulfonamides is 1. The molecule has 5 rings (SSSR count). The summed E-state index contributed by atoms with van der Waals surface area (Å²) in [5, 5.41) is 2.83. The third-order valence-corrected chi connectivity index (χ3v) is 7.83. The number of nitrogens with one attached hydrogen (secondary N) is 1. The Kier molecular flexibility index (Phi) is 6.38. The van der Waals surface area contributed by atoms with Crippen LogP contribution in [0.25, 0.3) is 22.6 Å². The molecule has 0 bridgehead atoms. The van der Waals surface area contributed by atoms with Crippen LogP contribution in [0, 0.1) is 0 Å². The molecule has 0 spiro atoms. The number of aromatic nitrogens is 1. The fraction of sp³-hybridized carbons (Fsp3) is 0.231. The monoisotopic (exact) mass is 491 g/mol. The zero-order valence-corrected chi connectivity index (χ0v) is 20.0. The minimum atomic E-state index is -3.66. The molecule has 1 unspecified atom stereocenters. The van der Waals surface area contributed by atoms with Crippen molar-refractivity contribution in [2.24, 2.45) is 0 Å². The number of anilines is 1. The Balaban J connectivity index is 1.24. The van der Waals surface area contributed by atoms with E-state index in [9.17, 15) is 13.2 Å². The van der Waals surface area contributed by atoms with Gasteiger partial charge in [0.2, 0.25) is 15.9 Å². The highest BCUT2D eigenvalue weighted by atomic mass is 32.2. The van der Waals surface area contributed by atoms with Crippen molar-refractivity contribution in [2.45, 2.75) is 23.8 Å². The van der Waals surface area contributed by atoms with E-state index in [1.54, 1.807) is 19.2 Å². The molecule has 1 fully saturated rings. The topological polar surface area (TPSA) is 102 Å². The highest BCUT2D eigenvalue weighted by Crippen LogP contribution is 2.25. The summed E-state index contributed by atoms with van der Waals surface area (Å²) >= 11 is 0. The molecule has 3 aromatic carbocycles. The molecule has 2 heterocycles. The molecular weight excluding hydrogens is 466 g/mol. The van der Waals surface area contributed by atoms with E-state index < -0.39 is 10.0 Å². The Morgan fingerprint density at radius 3 is 2.49 bits per heavy atom. The van der Waals surface area contributed by atoms with Crippen LogP contribution in [0.1, 0.15) is 23.2 Å². The van der Waals surface area contributed by atoms with Crippen LogP contribution in [0.15, 0.2) is 82.1 Å². The maximum atomic E-state index is 12.9. The summed E-state index contributed by atoms with van der Waals surface area (Å²) in [6.07, 6.45) is 1.73.